The molecule has 0 bridgehead atoms. The van der Waals surface area contributed by atoms with Gasteiger partial charge < -0.3 is 20.3 Å². The van der Waals surface area contributed by atoms with Gasteiger partial charge in [0.15, 0.2) is 0 Å². The number of nitrogens with one attached hydrogen (secondary N) is 1. The van der Waals surface area contributed by atoms with Gasteiger partial charge in [0.05, 0.1) is 25.4 Å². The first-order valence-electron chi connectivity index (χ1n) is 34.8. The number of esters is 1. The van der Waals surface area contributed by atoms with Crippen LogP contribution < -0.4 is 5.32 Å². The van der Waals surface area contributed by atoms with Crippen LogP contribution in [-0.2, 0) is 14.3 Å². The van der Waals surface area contributed by atoms with E-state index in [1.807, 2.05) is 0 Å². The number of hydrogen-bond acceptors (Lipinski definition) is 5. The van der Waals surface area contributed by atoms with Crippen LogP contribution in [0.25, 0.3) is 0 Å². The molecule has 0 saturated heterocycles. The lowest BCUT2D eigenvalue weighted by atomic mass is 10.0. The zero-order chi connectivity index (χ0) is 54.3. The van der Waals surface area contributed by atoms with E-state index in [1.165, 1.54) is 334 Å². The topological polar surface area (TPSA) is 95.9 Å². The molecule has 0 aromatic heterocycles. The predicted molar refractivity (Wildman–Crippen MR) is 329 cm³/mol. The van der Waals surface area contributed by atoms with E-state index >= 15 is 0 Å². The Labute approximate surface area is 470 Å². The van der Waals surface area contributed by atoms with E-state index in [0.29, 0.717) is 25.9 Å². The van der Waals surface area contributed by atoms with Crippen molar-refractivity contribution in [2.75, 3.05) is 13.2 Å². The van der Waals surface area contributed by atoms with E-state index in [-0.39, 0.29) is 18.5 Å². The van der Waals surface area contributed by atoms with Gasteiger partial charge >= 0.3 is 5.97 Å². The van der Waals surface area contributed by atoms with Crippen molar-refractivity contribution < 1.29 is 24.5 Å². The molecular weight excluding hydrogens is 923 g/mol. The van der Waals surface area contributed by atoms with Crippen LogP contribution >= 0.6 is 0 Å². The number of aliphatic hydroxyl groups excluding tert-OH is 2. The third-order valence-electron chi connectivity index (χ3n) is 16.7. The molecule has 75 heavy (non-hydrogen) atoms. The summed E-state index contributed by atoms with van der Waals surface area (Å²) in [5, 5.41) is 23.4. The standard InChI is InChI=1S/C69H137NO5/c1-3-5-7-9-11-13-15-16-17-18-19-20-21-22-23-26-29-32-35-38-42-45-49-53-57-61-67(72)66(65-71)70-68(73)62-58-54-50-46-43-39-36-33-30-27-24-25-28-31-34-37-40-44-48-52-56-60-64-75-69(74)63-59-55-51-47-41-14-12-10-8-6-4-2/h66-67,71-72H,3-65H2,1-2H3,(H,70,73). The quantitative estimate of drug-likeness (QED) is 0.0417. The number of hydrogen-bond donors (Lipinski definition) is 3. The van der Waals surface area contributed by atoms with Crippen LogP contribution in [0.4, 0.5) is 0 Å². The van der Waals surface area contributed by atoms with Crippen molar-refractivity contribution in [2.45, 2.75) is 418 Å². The zero-order valence-corrected chi connectivity index (χ0v) is 51.3. The molecule has 0 radical (unpaired) electrons. The summed E-state index contributed by atoms with van der Waals surface area (Å²) >= 11 is 0. The Balaban J connectivity index is 3.37. The van der Waals surface area contributed by atoms with Gasteiger partial charge in [-0.25, -0.2) is 0 Å². The molecule has 448 valence electrons. The molecule has 0 rings (SSSR count). The molecule has 6 heteroatoms. The minimum atomic E-state index is -0.665. The number of rotatable bonds is 66. The van der Waals surface area contributed by atoms with Crippen LogP contribution in [0.2, 0.25) is 0 Å². The normalized spacial score (nSPS) is 12.4. The highest BCUT2D eigenvalue weighted by Gasteiger charge is 2.20. The number of carbonyl (C=O) groups excluding carboxylic acids is 2. The van der Waals surface area contributed by atoms with Crippen LogP contribution in [-0.4, -0.2) is 47.4 Å². The maximum atomic E-state index is 12.6. The number of unbranched alkanes of at least 4 members (excludes halogenated alkanes) is 55. The monoisotopic (exact) mass is 1060 g/mol. The average Bonchev–Trinajstić information content (AvgIpc) is 3.41. The molecule has 0 aliphatic carbocycles. The van der Waals surface area contributed by atoms with Gasteiger partial charge in [0, 0.05) is 12.8 Å². The van der Waals surface area contributed by atoms with Crippen molar-refractivity contribution in [3.63, 3.8) is 0 Å². The van der Waals surface area contributed by atoms with Crippen molar-refractivity contribution in [3.8, 4) is 0 Å². The van der Waals surface area contributed by atoms with Gasteiger partial charge in [0.2, 0.25) is 5.91 Å². The summed E-state index contributed by atoms with van der Waals surface area (Å²) in [5.41, 5.74) is 0. The second kappa shape index (κ2) is 65.4. The molecule has 1 amide bonds. The predicted octanol–water partition coefficient (Wildman–Crippen LogP) is 22.2. The summed E-state index contributed by atoms with van der Waals surface area (Å²) in [6.45, 7) is 4.99. The third kappa shape index (κ3) is 61.9. The molecule has 0 fully saturated rings. The van der Waals surface area contributed by atoms with Crippen LogP contribution in [0.15, 0.2) is 0 Å². The first-order valence-corrected chi connectivity index (χ1v) is 34.8. The zero-order valence-electron chi connectivity index (χ0n) is 51.3. The van der Waals surface area contributed by atoms with Gasteiger partial charge in [0.1, 0.15) is 0 Å². The van der Waals surface area contributed by atoms with E-state index in [0.717, 1.165) is 38.5 Å². The number of carbonyl (C=O) groups is 2. The lowest BCUT2D eigenvalue weighted by molar-refractivity contribution is -0.143. The Morgan fingerprint density at radius 2 is 0.547 bits per heavy atom. The van der Waals surface area contributed by atoms with Crippen molar-refractivity contribution in [1.82, 2.24) is 5.32 Å². The van der Waals surface area contributed by atoms with E-state index in [4.69, 9.17) is 4.74 Å². The largest absolute Gasteiger partial charge is 0.466 e. The van der Waals surface area contributed by atoms with Gasteiger partial charge in [-0.1, -0.05) is 367 Å². The lowest BCUT2D eigenvalue weighted by Crippen LogP contribution is -2.45. The Kier molecular flexibility index (Phi) is 64.4. The second-order valence-electron chi connectivity index (χ2n) is 24.2. The van der Waals surface area contributed by atoms with Gasteiger partial charge in [-0.05, 0) is 25.7 Å². The Morgan fingerprint density at radius 3 is 0.813 bits per heavy atom. The minimum Gasteiger partial charge on any atom is -0.466 e. The summed E-state index contributed by atoms with van der Waals surface area (Å²) in [5.74, 6) is -0.0148. The molecule has 0 aliphatic rings. The van der Waals surface area contributed by atoms with Crippen LogP contribution in [0, 0.1) is 0 Å². The van der Waals surface area contributed by atoms with E-state index in [1.54, 1.807) is 0 Å². The highest BCUT2D eigenvalue weighted by atomic mass is 16.5. The van der Waals surface area contributed by atoms with E-state index in [9.17, 15) is 19.8 Å². The molecule has 0 spiro atoms. The Bertz CT molecular complexity index is 1080. The molecule has 0 aromatic rings. The van der Waals surface area contributed by atoms with Gasteiger partial charge in [-0.2, -0.15) is 0 Å². The summed E-state index contributed by atoms with van der Waals surface area (Å²) < 4.78 is 5.47. The van der Waals surface area contributed by atoms with Gasteiger partial charge in [0.25, 0.3) is 0 Å². The summed E-state index contributed by atoms with van der Waals surface area (Å²) in [4.78, 5) is 24.6. The van der Waals surface area contributed by atoms with Gasteiger partial charge in [-0.15, -0.1) is 0 Å². The second-order valence-corrected chi connectivity index (χ2v) is 24.2. The van der Waals surface area contributed by atoms with E-state index < -0.39 is 12.1 Å². The Morgan fingerprint density at radius 1 is 0.320 bits per heavy atom. The SMILES string of the molecule is CCCCCCCCCCCCCCCCCCCCCCCCCCCC(O)C(CO)NC(=O)CCCCCCCCCCCCCCCCCCCCCCCCOC(=O)CCCCCCCCCCCCC. The summed E-state index contributed by atoms with van der Waals surface area (Å²) in [7, 11) is 0. The minimum absolute atomic E-state index is 0.0145. The van der Waals surface area contributed by atoms with Crippen LogP contribution in [0.1, 0.15) is 406 Å². The molecule has 3 N–H and O–H groups in total. The number of ether oxygens (including phenoxy) is 1. The molecule has 2 atom stereocenters. The molecule has 6 nitrogen and oxygen atoms in total. The highest BCUT2D eigenvalue weighted by Crippen LogP contribution is 2.19. The number of aliphatic hydroxyl groups is 2. The van der Waals surface area contributed by atoms with Crippen molar-refractivity contribution >= 4 is 11.9 Å². The molecule has 0 aromatic carbocycles. The summed E-state index contributed by atoms with van der Waals surface area (Å²) in [6.07, 6.45) is 78.6. The smallest absolute Gasteiger partial charge is 0.305 e. The maximum absolute atomic E-state index is 12.6. The first-order chi connectivity index (χ1) is 37.0. The van der Waals surface area contributed by atoms with Crippen LogP contribution in [0.5, 0.6) is 0 Å². The fourth-order valence-electron chi connectivity index (χ4n) is 11.4. The lowest BCUT2D eigenvalue weighted by Gasteiger charge is -2.22. The Hall–Kier alpha value is -1.14. The molecule has 0 saturated carbocycles. The van der Waals surface area contributed by atoms with Crippen LogP contribution in [0.3, 0.4) is 0 Å². The molecule has 0 aliphatic heterocycles. The molecule has 2 unspecified atom stereocenters. The molecule has 0 heterocycles. The maximum Gasteiger partial charge on any atom is 0.305 e. The third-order valence-corrected chi connectivity index (χ3v) is 16.7. The molecular formula is C69H137NO5. The van der Waals surface area contributed by atoms with Gasteiger partial charge in [-0.3, -0.25) is 9.59 Å². The van der Waals surface area contributed by atoms with Crippen molar-refractivity contribution in [2.24, 2.45) is 0 Å². The first kappa shape index (κ1) is 73.9. The number of amides is 1. The average molecular weight is 1060 g/mol. The van der Waals surface area contributed by atoms with Crippen molar-refractivity contribution in [1.29, 1.82) is 0 Å². The van der Waals surface area contributed by atoms with Crippen molar-refractivity contribution in [3.05, 3.63) is 0 Å². The van der Waals surface area contributed by atoms with E-state index in [2.05, 4.69) is 19.2 Å². The fourth-order valence-corrected chi connectivity index (χ4v) is 11.4. The highest BCUT2D eigenvalue weighted by molar-refractivity contribution is 5.76. The fraction of sp³-hybridized carbons (Fsp3) is 0.971. The summed E-state index contributed by atoms with van der Waals surface area (Å²) in [6, 6.07) is -0.542.